The maximum Gasteiger partial charge on any atom is 0.257 e. The highest BCUT2D eigenvalue weighted by atomic mass is 19.1. The molecular weight excluding hydrogens is 485 g/mol. The van der Waals surface area contributed by atoms with Crippen LogP contribution in [0.5, 0.6) is 0 Å². The van der Waals surface area contributed by atoms with Crippen molar-refractivity contribution in [3.05, 3.63) is 59.0 Å². The Morgan fingerprint density at radius 2 is 1.84 bits per heavy atom. The fraction of sp³-hybridized carbons (Fsp3) is 0.552. The van der Waals surface area contributed by atoms with E-state index in [9.17, 15) is 19.1 Å². The van der Waals surface area contributed by atoms with E-state index in [1.807, 2.05) is 4.90 Å². The van der Waals surface area contributed by atoms with Crippen molar-refractivity contribution in [2.24, 2.45) is 11.8 Å². The van der Waals surface area contributed by atoms with Crippen molar-refractivity contribution >= 4 is 17.6 Å². The van der Waals surface area contributed by atoms with Gasteiger partial charge in [0.2, 0.25) is 5.91 Å². The number of nitrogens with one attached hydrogen (secondary N) is 1. The number of carbonyl (C=O) groups is 2. The van der Waals surface area contributed by atoms with Crippen molar-refractivity contribution in [3.8, 4) is 0 Å². The maximum atomic E-state index is 14.9. The molecule has 0 spiro atoms. The Labute approximate surface area is 222 Å². The van der Waals surface area contributed by atoms with E-state index in [1.165, 1.54) is 17.2 Å². The molecular formula is C29H36FN5O3. The van der Waals surface area contributed by atoms with E-state index >= 15 is 0 Å². The number of carbonyl (C=O) groups excluding carboxylic acids is 2. The number of likely N-dealkylation sites (tertiary alicyclic amines) is 2. The average Bonchev–Trinajstić information content (AvgIpc) is 3.38. The van der Waals surface area contributed by atoms with Crippen molar-refractivity contribution in [2.75, 3.05) is 31.5 Å². The summed E-state index contributed by atoms with van der Waals surface area (Å²) in [5.74, 6) is -0.247. The first-order valence-corrected chi connectivity index (χ1v) is 13.8. The van der Waals surface area contributed by atoms with Crippen LogP contribution in [0.1, 0.15) is 48.2 Å². The lowest BCUT2D eigenvalue weighted by Gasteiger charge is -2.43. The molecule has 8 nitrogen and oxygen atoms in total. The summed E-state index contributed by atoms with van der Waals surface area (Å²) in [6, 6.07) is 9.72. The number of benzene rings is 1. The van der Waals surface area contributed by atoms with E-state index in [4.69, 9.17) is 0 Å². The van der Waals surface area contributed by atoms with E-state index in [0.29, 0.717) is 25.5 Å². The minimum atomic E-state index is -0.674. The molecule has 2 N–H and O–H groups in total. The lowest BCUT2D eigenvalue weighted by atomic mass is 9.92. The van der Waals surface area contributed by atoms with Crippen LogP contribution < -0.4 is 5.32 Å². The highest BCUT2D eigenvalue weighted by Gasteiger charge is 2.59. The Morgan fingerprint density at radius 1 is 1.11 bits per heavy atom. The summed E-state index contributed by atoms with van der Waals surface area (Å²) < 4.78 is 14.9. The molecule has 0 radical (unpaired) electrons. The van der Waals surface area contributed by atoms with Gasteiger partial charge >= 0.3 is 0 Å². The van der Waals surface area contributed by atoms with E-state index < -0.39 is 11.9 Å². The molecule has 3 fully saturated rings. The molecule has 1 aliphatic carbocycles. The largest absolute Gasteiger partial charge is 0.389 e. The zero-order valence-corrected chi connectivity index (χ0v) is 22.0. The molecule has 1 aromatic heterocycles. The second-order valence-corrected chi connectivity index (χ2v) is 11.4. The Hall–Kier alpha value is -3.04. The third-order valence-corrected chi connectivity index (χ3v) is 9.34. The smallest absolute Gasteiger partial charge is 0.257 e. The average molecular weight is 522 g/mol. The monoisotopic (exact) mass is 521 g/mol. The van der Waals surface area contributed by atoms with E-state index in [1.54, 1.807) is 11.8 Å². The summed E-state index contributed by atoms with van der Waals surface area (Å²) >= 11 is 0. The Bertz CT molecular complexity index is 1230. The van der Waals surface area contributed by atoms with Gasteiger partial charge in [0.25, 0.3) is 5.91 Å². The summed E-state index contributed by atoms with van der Waals surface area (Å²) in [5.41, 5.74) is 2.66. The number of anilines is 1. The van der Waals surface area contributed by atoms with Gasteiger partial charge in [0.05, 0.1) is 23.9 Å². The molecule has 1 aromatic carbocycles. The number of hydrogen-bond donors (Lipinski definition) is 2. The first kappa shape index (κ1) is 25.2. The molecule has 38 heavy (non-hydrogen) atoms. The fourth-order valence-electron chi connectivity index (χ4n) is 7.28. The van der Waals surface area contributed by atoms with Crippen LogP contribution in [0.2, 0.25) is 0 Å². The number of halogens is 1. The van der Waals surface area contributed by atoms with Gasteiger partial charge in [-0.25, -0.2) is 9.37 Å². The standard InChI is InChI=1S/C29H36FN5O3/c1-17-23-16-35(26(17)28(37)27(23)34-10-7-19-5-3-4-6-20(19)15-34)29(38)22-13-25(31-14-24(22)30)32-21-8-11-33(12-9-21)18(2)36/h3-6,13-14,17,21,23,26-28,37H,7-12,15-16H2,1-2H3,(H,31,32)/t17-,23-,26+,27?,28?/m0/s1. The Balaban J connectivity index is 1.15. The molecule has 9 heteroatoms. The second kappa shape index (κ2) is 9.93. The summed E-state index contributed by atoms with van der Waals surface area (Å²) in [7, 11) is 0. The summed E-state index contributed by atoms with van der Waals surface area (Å²) in [6.45, 7) is 7.21. The van der Waals surface area contributed by atoms with Gasteiger partial charge in [-0.2, -0.15) is 0 Å². The second-order valence-electron chi connectivity index (χ2n) is 11.4. The number of hydrogen-bond acceptors (Lipinski definition) is 6. The van der Waals surface area contributed by atoms with E-state index in [0.717, 1.165) is 38.5 Å². The van der Waals surface area contributed by atoms with Crippen LogP contribution >= 0.6 is 0 Å². The van der Waals surface area contributed by atoms with Crippen LogP contribution in [0.15, 0.2) is 36.5 Å². The van der Waals surface area contributed by atoms with E-state index in [2.05, 4.69) is 46.4 Å². The predicted molar refractivity (Wildman–Crippen MR) is 141 cm³/mol. The van der Waals surface area contributed by atoms with Crippen LogP contribution in [0, 0.1) is 17.7 Å². The summed E-state index contributed by atoms with van der Waals surface area (Å²) in [6.07, 6.45) is 2.92. The number of nitrogens with zero attached hydrogens (tertiary/aromatic N) is 4. The molecule has 2 aromatic rings. The molecule has 202 valence electrons. The molecule has 1 saturated carbocycles. The Kier molecular flexibility index (Phi) is 6.60. The lowest BCUT2D eigenvalue weighted by molar-refractivity contribution is -0.129. The summed E-state index contributed by atoms with van der Waals surface area (Å²) in [5, 5.41) is 14.8. The van der Waals surface area contributed by atoms with Gasteiger partial charge in [0.15, 0.2) is 5.82 Å². The van der Waals surface area contributed by atoms with Gasteiger partial charge in [-0.15, -0.1) is 0 Å². The minimum absolute atomic E-state index is 0.00668. The summed E-state index contributed by atoms with van der Waals surface area (Å²) in [4.78, 5) is 35.3. The molecule has 2 unspecified atom stereocenters. The van der Waals surface area contributed by atoms with Gasteiger partial charge in [-0.05, 0) is 48.3 Å². The van der Waals surface area contributed by atoms with Gasteiger partial charge in [-0.3, -0.25) is 14.5 Å². The SMILES string of the molecule is CC(=O)N1CCC(Nc2cc(C(=O)N3C[C@@H]4C(N5CCc6ccccc6C5)C(O)[C@H]3[C@H]4C)c(F)cn2)CC1. The normalized spacial score (nSPS) is 29.4. The number of pyridine rings is 1. The third kappa shape index (κ3) is 4.35. The molecule has 2 amide bonds. The molecule has 5 atom stereocenters. The zero-order valence-electron chi connectivity index (χ0n) is 22.0. The molecule has 2 bridgehead atoms. The van der Waals surface area contributed by atoms with Crippen LogP contribution in [0.3, 0.4) is 0 Å². The Morgan fingerprint density at radius 3 is 2.55 bits per heavy atom. The van der Waals surface area contributed by atoms with Gasteiger partial charge in [0, 0.05) is 51.7 Å². The number of piperidine rings is 2. The molecule has 6 rings (SSSR count). The lowest BCUT2D eigenvalue weighted by Crippen LogP contribution is -2.57. The van der Waals surface area contributed by atoms with Crippen molar-refractivity contribution in [1.82, 2.24) is 19.7 Å². The first-order valence-electron chi connectivity index (χ1n) is 13.8. The van der Waals surface area contributed by atoms with Crippen LogP contribution in [-0.4, -0.2) is 87.0 Å². The molecule has 4 heterocycles. The number of aliphatic hydroxyl groups excluding tert-OH is 1. The fourth-order valence-corrected chi connectivity index (χ4v) is 7.28. The maximum absolute atomic E-state index is 14.9. The van der Waals surface area contributed by atoms with Crippen molar-refractivity contribution < 1.29 is 19.1 Å². The number of amides is 2. The van der Waals surface area contributed by atoms with Gasteiger partial charge < -0.3 is 20.2 Å². The molecule has 3 aliphatic heterocycles. The zero-order chi connectivity index (χ0) is 26.6. The topological polar surface area (TPSA) is 89.0 Å². The minimum Gasteiger partial charge on any atom is -0.389 e. The number of aliphatic hydroxyl groups is 1. The third-order valence-electron chi connectivity index (χ3n) is 9.34. The number of rotatable bonds is 4. The van der Waals surface area contributed by atoms with Gasteiger partial charge in [0.1, 0.15) is 5.82 Å². The predicted octanol–water partition coefficient (Wildman–Crippen LogP) is 2.52. The van der Waals surface area contributed by atoms with Crippen molar-refractivity contribution in [1.29, 1.82) is 0 Å². The number of fused-ring (bicyclic) bond motifs is 3. The molecule has 4 aliphatic rings. The quantitative estimate of drug-likeness (QED) is 0.643. The first-order chi connectivity index (χ1) is 18.3. The van der Waals surface area contributed by atoms with Crippen LogP contribution in [-0.2, 0) is 17.8 Å². The molecule has 2 saturated heterocycles. The van der Waals surface area contributed by atoms with Crippen molar-refractivity contribution in [2.45, 2.75) is 63.9 Å². The number of aromatic nitrogens is 1. The van der Waals surface area contributed by atoms with Crippen LogP contribution in [0.4, 0.5) is 10.2 Å². The van der Waals surface area contributed by atoms with Crippen molar-refractivity contribution in [3.63, 3.8) is 0 Å². The van der Waals surface area contributed by atoms with E-state index in [-0.39, 0.29) is 47.3 Å². The van der Waals surface area contributed by atoms with Crippen LogP contribution in [0.25, 0.3) is 0 Å². The van der Waals surface area contributed by atoms with Gasteiger partial charge in [-0.1, -0.05) is 31.2 Å². The highest BCUT2D eigenvalue weighted by Crippen LogP contribution is 2.46. The highest BCUT2D eigenvalue weighted by molar-refractivity contribution is 5.95.